The van der Waals surface area contributed by atoms with E-state index < -0.39 is 0 Å². The van der Waals surface area contributed by atoms with Crippen LogP contribution >= 0.6 is 0 Å². The summed E-state index contributed by atoms with van der Waals surface area (Å²) in [6.45, 7) is 3.89. The fraction of sp³-hybridized carbons (Fsp3) is 0.333. The SMILES string of the molecule is CCc1ccc(OF)c(C)c1. The molecule has 0 aromatic heterocycles. The lowest BCUT2D eigenvalue weighted by Gasteiger charge is -2.01. The van der Waals surface area contributed by atoms with Crippen molar-refractivity contribution in [2.75, 3.05) is 0 Å². The van der Waals surface area contributed by atoms with Gasteiger partial charge in [0.15, 0.2) is 5.75 Å². The van der Waals surface area contributed by atoms with Gasteiger partial charge in [0.2, 0.25) is 0 Å². The molecule has 1 aromatic rings. The highest BCUT2D eigenvalue weighted by Crippen LogP contribution is 2.19. The second kappa shape index (κ2) is 3.37. The van der Waals surface area contributed by atoms with Gasteiger partial charge in [0.25, 0.3) is 0 Å². The first-order valence-electron chi connectivity index (χ1n) is 3.66. The Morgan fingerprint density at radius 2 is 2.18 bits per heavy atom. The molecule has 0 atom stereocenters. The van der Waals surface area contributed by atoms with E-state index in [1.54, 1.807) is 6.07 Å². The third-order valence-corrected chi connectivity index (χ3v) is 1.73. The van der Waals surface area contributed by atoms with Crippen LogP contribution in [0.5, 0.6) is 5.75 Å². The summed E-state index contributed by atoms with van der Waals surface area (Å²) in [4.78, 5) is 3.64. The minimum Gasteiger partial charge on any atom is -0.294 e. The number of hydrogen-bond acceptors (Lipinski definition) is 1. The topological polar surface area (TPSA) is 9.23 Å². The van der Waals surface area contributed by atoms with Gasteiger partial charge in [0.05, 0.1) is 0 Å². The molecule has 2 heteroatoms. The largest absolute Gasteiger partial charge is 0.294 e. The Hall–Kier alpha value is -1.05. The molecule has 0 fully saturated rings. The smallest absolute Gasteiger partial charge is 0.174 e. The molecule has 0 aliphatic carbocycles. The van der Waals surface area contributed by atoms with Crippen LogP contribution in [0.15, 0.2) is 18.2 Å². The number of hydrogen-bond donors (Lipinski definition) is 0. The van der Waals surface area contributed by atoms with Gasteiger partial charge in [-0.05, 0) is 30.5 Å². The fourth-order valence-corrected chi connectivity index (χ4v) is 1.02. The summed E-state index contributed by atoms with van der Waals surface area (Å²) in [6.07, 6.45) is 0.966. The molecule has 0 heterocycles. The van der Waals surface area contributed by atoms with Crippen LogP contribution in [0, 0.1) is 6.92 Å². The average molecular weight is 154 g/mol. The van der Waals surface area contributed by atoms with E-state index in [9.17, 15) is 4.53 Å². The Balaban J connectivity index is 2.99. The molecule has 1 rings (SSSR count). The summed E-state index contributed by atoms with van der Waals surface area (Å²) in [5.41, 5.74) is 2.04. The highest BCUT2D eigenvalue weighted by molar-refractivity contribution is 5.35. The van der Waals surface area contributed by atoms with Gasteiger partial charge in [-0.15, -0.1) is 0 Å². The predicted molar refractivity (Wildman–Crippen MR) is 42.3 cm³/mol. The molecule has 0 bridgehead atoms. The molecule has 1 aromatic carbocycles. The third kappa shape index (κ3) is 1.70. The summed E-state index contributed by atoms with van der Waals surface area (Å²) < 4.78 is 11.7. The van der Waals surface area contributed by atoms with E-state index in [1.807, 2.05) is 19.1 Å². The summed E-state index contributed by atoms with van der Waals surface area (Å²) >= 11 is 0. The van der Waals surface area contributed by atoms with Crippen LogP contribution in [0.2, 0.25) is 0 Å². The normalized spacial score (nSPS) is 9.73. The van der Waals surface area contributed by atoms with Gasteiger partial charge in [-0.25, -0.2) is 0 Å². The molecule has 0 amide bonds. The Morgan fingerprint density at radius 1 is 1.45 bits per heavy atom. The molecule has 1 nitrogen and oxygen atoms in total. The Kier molecular flexibility index (Phi) is 2.47. The van der Waals surface area contributed by atoms with Crippen molar-refractivity contribution in [3.05, 3.63) is 29.3 Å². The molecule has 0 radical (unpaired) electrons. The summed E-state index contributed by atoms with van der Waals surface area (Å²) in [5.74, 6) is 0.308. The van der Waals surface area contributed by atoms with E-state index in [1.165, 1.54) is 5.56 Å². The third-order valence-electron chi connectivity index (χ3n) is 1.73. The lowest BCUT2D eigenvalue weighted by Crippen LogP contribution is -1.85. The van der Waals surface area contributed by atoms with Crippen LogP contribution in [0.1, 0.15) is 18.1 Å². The van der Waals surface area contributed by atoms with Crippen molar-refractivity contribution in [1.82, 2.24) is 0 Å². The van der Waals surface area contributed by atoms with Gasteiger partial charge in [-0.2, -0.15) is 0 Å². The zero-order valence-electron chi connectivity index (χ0n) is 6.73. The van der Waals surface area contributed by atoms with Crippen LogP contribution < -0.4 is 4.94 Å². The molecule has 0 saturated heterocycles. The minimum absolute atomic E-state index is 0.308. The maximum Gasteiger partial charge on any atom is 0.174 e. The van der Waals surface area contributed by atoms with Gasteiger partial charge in [0, 0.05) is 4.53 Å². The lowest BCUT2D eigenvalue weighted by molar-refractivity contribution is -0.00702. The molecule has 11 heavy (non-hydrogen) atoms. The van der Waals surface area contributed by atoms with Crippen molar-refractivity contribution in [2.24, 2.45) is 0 Å². The monoisotopic (exact) mass is 154 g/mol. The van der Waals surface area contributed by atoms with Crippen molar-refractivity contribution in [2.45, 2.75) is 20.3 Å². The summed E-state index contributed by atoms with van der Waals surface area (Å²) in [5, 5.41) is 0. The standard InChI is InChI=1S/C9H11FO/c1-3-8-4-5-9(11-10)7(2)6-8/h4-6H,3H2,1-2H3. The van der Waals surface area contributed by atoms with Gasteiger partial charge >= 0.3 is 0 Å². The molecular weight excluding hydrogens is 143 g/mol. The number of benzene rings is 1. The van der Waals surface area contributed by atoms with E-state index in [4.69, 9.17) is 0 Å². The highest BCUT2D eigenvalue weighted by Gasteiger charge is 1.99. The molecule has 0 aliphatic rings. The van der Waals surface area contributed by atoms with Crippen LogP contribution in [0.25, 0.3) is 0 Å². The van der Waals surface area contributed by atoms with Gasteiger partial charge < -0.3 is 0 Å². The van der Waals surface area contributed by atoms with Crippen molar-refractivity contribution >= 4 is 0 Å². The molecule has 0 unspecified atom stereocenters. The fourth-order valence-electron chi connectivity index (χ4n) is 1.02. The zero-order valence-corrected chi connectivity index (χ0v) is 6.73. The quantitative estimate of drug-likeness (QED) is 0.636. The summed E-state index contributed by atoms with van der Waals surface area (Å²) in [6, 6.07) is 5.44. The van der Waals surface area contributed by atoms with E-state index in [-0.39, 0.29) is 0 Å². The molecular formula is C9H11FO. The van der Waals surface area contributed by atoms with E-state index >= 15 is 0 Å². The van der Waals surface area contributed by atoms with Gasteiger partial charge in [-0.3, -0.25) is 4.94 Å². The van der Waals surface area contributed by atoms with E-state index in [0.29, 0.717) is 5.75 Å². The first-order valence-corrected chi connectivity index (χ1v) is 3.66. The van der Waals surface area contributed by atoms with Crippen LogP contribution in [0.3, 0.4) is 0 Å². The average Bonchev–Trinajstić information content (AvgIpc) is 2.04. The maximum absolute atomic E-state index is 11.7. The highest BCUT2D eigenvalue weighted by atomic mass is 19.3. The first kappa shape index (κ1) is 8.05. The van der Waals surface area contributed by atoms with Crippen LogP contribution in [0.4, 0.5) is 4.53 Å². The Bertz CT molecular complexity index is 245. The maximum atomic E-state index is 11.7. The molecule has 0 saturated carbocycles. The lowest BCUT2D eigenvalue weighted by atomic mass is 10.1. The number of halogens is 1. The minimum atomic E-state index is 0.308. The van der Waals surface area contributed by atoms with Gasteiger partial charge in [0.1, 0.15) is 0 Å². The zero-order chi connectivity index (χ0) is 8.27. The molecule has 60 valence electrons. The number of aryl methyl sites for hydroxylation is 2. The van der Waals surface area contributed by atoms with Crippen molar-refractivity contribution < 1.29 is 9.47 Å². The van der Waals surface area contributed by atoms with Crippen molar-refractivity contribution in [3.63, 3.8) is 0 Å². The Labute approximate surface area is 65.7 Å². The van der Waals surface area contributed by atoms with E-state index in [2.05, 4.69) is 11.9 Å². The van der Waals surface area contributed by atoms with Crippen LogP contribution in [-0.2, 0) is 6.42 Å². The second-order valence-electron chi connectivity index (χ2n) is 2.53. The van der Waals surface area contributed by atoms with Gasteiger partial charge in [-0.1, -0.05) is 19.1 Å². The number of rotatable bonds is 2. The second-order valence-corrected chi connectivity index (χ2v) is 2.53. The van der Waals surface area contributed by atoms with Crippen molar-refractivity contribution in [1.29, 1.82) is 0 Å². The van der Waals surface area contributed by atoms with Crippen LogP contribution in [-0.4, -0.2) is 0 Å². The predicted octanol–water partition coefficient (Wildman–Crippen LogP) is 2.82. The van der Waals surface area contributed by atoms with E-state index in [0.717, 1.165) is 12.0 Å². The van der Waals surface area contributed by atoms with Crippen molar-refractivity contribution in [3.8, 4) is 5.75 Å². The first-order chi connectivity index (χ1) is 5.27. The summed E-state index contributed by atoms with van der Waals surface area (Å²) in [7, 11) is 0. The molecule has 0 spiro atoms. The Morgan fingerprint density at radius 3 is 2.64 bits per heavy atom. The molecule has 0 N–H and O–H groups in total. The molecule has 0 aliphatic heterocycles.